The van der Waals surface area contributed by atoms with Crippen molar-refractivity contribution >= 4 is 17.8 Å². The molecule has 8 nitrogen and oxygen atoms in total. The zero-order chi connectivity index (χ0) is 22.3. The number of carboxylic acids is 1. The van der Waals surface area contributed by atoms with Crippen molar-refractivity contribution in [1.29, 1.82) is 0 Å². The molecule has 0 aromatic carbocycles. The fourth-order valence-electron chi connectivity index (χ4n) is 5.92. The Hall–Kier alpha value is -1.93. The molecule has 1 spiro atoms. The van der Waals surface area contributed by atoms with Crippen molar-refractivity contribution in [2.75, 3.05) is 26.2 Å². The highest BCUT2D eigenvalue weighted by Crippen LogP contribution is 2.65. The maximum atomic E-state index is 13.7. The number of hydrogen-bond donors (Lipinski definition) is 2. The summed E-state index contributed by atoms with van der Waals surface area (Å²) in [6.07, 6.45) is 4.92. The lowest BCUT2D eigenvalue weighted by Gasteiger charge is -2.37. The smallest absolute Gasteiger partial charge is 0.310 e. The second-order valence-corrected chi connectivity index (χ2v) is 9.08. The molecule has 8 heteroatoms. The van der Waals surface area contributed by atoms with Crippen molar-refractivity contribution in [3.63, 3.8) is 0 Å². The van der Waals surface area contributed by atoms with Gasteiger partial charge in [0.2, 0.25) is 11.8 Å². The van der Waals surface area contributed by atoms with Crippen LogP contribution >= 0.6 is 0 Å². The third kappa shape index (κ3) is 3.15. The van der Waals surface area contributed by atoms with Crippen LogP contribution in [0.2, 0.25) is 0 Å². The van der Waals surface area contributed by atoms with Crippen LogP contribution in [0, 0.1) is 17.8 Å². The lowest BCUT2D eigenvalue weighted by Crippen LogP contribution is -2.57. The van der Waals surface area contributed by atoms with Gasteiger partial charge < -0.3 is 24.7 Å². The summed E-state index contributed by atoms with van der Waals surface area (Å²) in [5.74, 6) is -3.78. The van der Waals surface area contributed by atoms with Gasteiger partial charge in [0.15, 0.2) is 0 Å². The van der Waals surface area contributed by atoms with Gasteiger partial charge in [0.05, 0.1) is 18.1 Å². The fourth-order valence-corrected chi connectivity index (χ4v) is 5.92. The number of amides is 2. The Bertz CT molecular complexity index is 726. The quantitative estimate of drug-likeness (QED) is 0.406. The topological polar surface area (TPSA) is 107 Å². The summed E-state index contributed by atoms with van der Waals surface area (Å²) in [6.45, 7) is 10.1. The van der Waals surface area contributed by atoms with Crippen LogP contribution in [0.1, 0.15) is 46.5 Å². The molecule has 3 heterocycles. The van der Waals surface area contributed by atoms with Gasteiger partial charge in [0, 0.05) is 19.6 Å². The number of hydrogen-bond acceptors (Lipinski definition) is 5. The molecular formula is C22H34N2O6. The van der Waals surface area contributed by atoms with Crippen LogP contribution in [-0.2, 0) is 19.1 Å². The molecule has 3 saturated heterocycles. The summed E-state index contributed by atoms with van der Waals surface area (Å²) < 4.78 is 6.39. The molecule has 2 amide bonds. The molecule has 3 rings (SSSR count). The van der Waals surface area contributed by atoms with E-state index in [4.69, 9.17) is 4.74 Å². The zero-order valence-electron chi connectivity index (χ0n) is 18.2. The molecule has 3 unspecified atom stereocenters. The number of carboxylic acid groups (broad SMARTS) is 1. The van der Waals surface area contributed by atoms with Gasteiger partial charge in [0.1, 0.15) is 17.6 Å². The number of unbranched alkanes of at least 4 members (excludes halogenated alkanes) is 2. The monoisotopic (exact) mass is 422 g/mol. The predicted molar refractivity (Wildman–Crippen MR) is 110 cm³/mol. The summed E-state index contributed by atoms with van der Waals surface area (Å²) in [4.78, 5) is 42.3. The summed E-state index contributed by atoms with van der Waals surface area (Å²) in [6, 6.07) is -0.933. The molecule has 0 aromatic rings. The first-order chi connectivity index (χ1) is 14.2. The highest BCUT2D eigenvalue weighted by molar-refractivity contribution is 5.98. The summed E-state index contributed by atoms with van der Waals surface area (Å²) in [5, 5.41) is 19.5. The van der Waals surface area contributed by atoms with Gasteiger partial charge in [0.25, 0.3) is 0 Å². The number of aliphatic hydroxyl groups is 1. The molecule has 3 aliphatic rings. The molecule has 168 valence electrons. The number of carbonyl (C=O) groups is 3. The third-order valence-electron chi connectivity index (χ3n) is 7.35. The lowest BCUT2D eigenvalue weighted by atomic mass is 9.62. The van der Waals surface area contributed by atoms with Crippen molar-refractivity contribution in [3.05, 3.63) is 12.7 Å². The maximum absolute atomic E-state index is 13.7. The Morgan fingerprint density at radius 1 is 1.40 bits per heavy atom. The Labute approximate surface area is 177 Å². The largest absolute Gasteiger partial charge is 0.481 e. The number of β-amino-alcohol motifs (C(OH)–C–C–N with tert-alkyl or cyclic N) is 1. The van der Waals surface area contributed by atoms with Gasteiger partial charge in [-0.3, -0.25) is 14.4 Å². The average molecular weight is 423 g/mol. The molecule has 0 saturated carbocycles. The first-order valence-electron chi connectivity index (χ1n) is 10.9. The van der Waals surface area contributed by atoms with Gasteiger partial charge >= 0.3 is 5.97 Å². The first kappa shape index (κ1) is 22.7. The third-order valence-corrected chi connectivity index (χ3v) is 7.35. The van der Waals surface area contributed by atoms with Gasteiger partial charge in [-0.25, -0.2) is 0 Å². The van der Waals surface area contributed by atoms with E-state index < -0.39 is 41.0 Å². The Morgan fingerprint density at radius 2 is 2.10 bits per heavy atom. The minimum Gasteiger partial charge on any atom is -0.481 e. The molecule has 0 aromatic heterocycles. The van der Waals surface area contributed by atoms with Gasteiger partial charge in [-0.15, -0.1) is 6.58 Å². The molecule has 3 aliphatic heterocycles. The van der Waals surface area contributed by atoms with E-state index in [0.717, 1.165) is 19.3 Å². The Kier molecular flexibility index (Phi) is 6.30. The van der Waals surface area contributed by atoms with E-state index in [2.05, 4.69) is 13.5 Å². The minimum absolute atomic E-state index is 0.0226. The van der Waals surface area contributed by atoms with Crippen LogP contribution < -0.4 is 0 Å². The van der Waals surface area contributed by atoms with Crippen molar-refractivity contribution in [3.8, 4) is 0 Å². The van der Waals surface area contributed by atoms with E-state index in [1.54, 1.807) is 17.9 Å². The molecule has 0 radical (unpaired) electrons. The lowest BCUT2D eigenvalue weighted by molar-refractivity contribution is -0.158. The van der Waals surface area contributed by atoms with Crippen molar-refractivity contribution in [2.24, 2.45) is 17.8 Å². The molecule has 30 heavy (non-hydrogen) atoms. The number of ether oxygens (including phenoxy) is 1. The van der Waals surface area contributed by atoms with Crippen LogP contribution in [0.15, 0.2) is 12.7 Å². The molecule has 0 aliphatic carbocycles. The summed E-state index contributed by atoms with van der Waals surface area (Å²) >= 11 is 0. The van der Waals surface area contributed by atoms with E-state index in [9.17, 15) is 24.6 Å². The second-order valence-electron chi connectivity index (χ2n) is 9.08. The van der Waals surface area contributed by atoms with Gasteiger partial charge in [-0.05, 0) is 25.7 Å². The standard InChI is InChI=1S/C22H34N2O6/c1-5-7-8-10-23(9-6-2)19(27)17-22-13-14(3)21(4,30-22)16(20(28)29)15(22)18(26)24(17)11-12-25/h6,14-17,25H,2,5,7-13H2,1,3-4H3,(H,28,29)/t14?,15-,16+,17?,21-,22?/m0/s1. The first-order valence-corrected chi connectivity index (χ1v) is 10.9. The Balaban J connectivity index is 2.03. The van der Waals surface area contributed by atoms with Crippen LogP contribution in [0.4, 0.5) is 0 Å². The number of aliphatic carboxylic acids is 1. The van der Waals surface area contributed by atoms with E-state index in [0.29, 0.717) is 19.5 Å². The van der Waals surface area contributed by atoms with Crippen LogP contribution in [0.3, 0.4) is 0 Å². The maximum Gasteiger partial charge on any atom is 0.310 e. The molecule has 3 fully saturated rings. The second kappa shape index (κ2) is 8.30. The highest BCUT2D eigenvalue weighted by Gasteiger charge is 2.80. The fraction of sp³-hybridized carbons (Fsp3) is 0.773. The molecular weight excluding hydrogens is 388 g/mol. The number of fused-ring (bicyclic) bond motifs is 1. The van der Waals surface area contributed by atoms with Gasteiger partial charge in [-0.2, -0.15) is 0 Å². The number of rotatable bonds is 10. The van der Waals surface area contributed by atoms with Gasteiger partial charge in [-0.1, -0.05) is 32.8 Å². The zero-order valence-corrected chi connectivity index (χ0v) is 18.2. The number of likely N-dealkylation sites (tertiary alicyclic amines) is 1. The number of nitrogens with zero attached hydrogens (tertiary/aromatic N) is 2. The van der Waals surface area contributed by atoms with Crippen LogP contribution in [0.5, 0.6) is 0 Å². The Morgan fingerprint density at radius 3 is 2.67 bits per heavy atom. The van der Waals surface area contributed by atoms with E-state index in [1.165, 1.54) is 4.90 Å². The van der Waals surface area contributed by atoms with E-state index >= 15 is 0 Å². The van der Waals surface area contributed by atoms with Crippen LogP contribution in [0.25, 0.3) is 0 Å². The summed E-state index contributed by atoms with van der Waals surface area (Å²) in [5.41, 5.74) is -2.17. The van der Waals surface area contributed by atoms with Crippen molar-refractivity contribution in [1.82, 2.24) is 9.80 Å². The summed E-state index contributed by atoms with van der Waals surface area (Å²) in [7, 11) is 0. The molecule has 2 N–H and O–H groups in total. The van der Waals surface area contributed by atoms with Crippen molar-refractivity contribution < 1.29 is 29.3 Å². The average Bonchev–Trinajstić information content (AvgIpc) is 3.19. The van der Waals surface area contributed by atoms with E-state index in [1.807, 2.05) is 6.92 Å². The molecule has 6 atom stereocenters. The van der Waals surface area contributed by atoms with Crippen LogP contribution in [-0.4, -0.2) is 81.3 Å². The number of aliphatic hydroxyl groups excluding tert-OH is 1. The normalized spacial score (nSPS) is 36.8. The SMILES string of the molecule is C=CCN(CCCCC)C(=O)C1N(CCO)C(=O)[C@@H]2[C@H](C(=O)O)[C@@]3(C)OC12CC3C. The number of carbonyl (C=O) groups excluding carboxylic acids is 2. The highest BCUT2D eigenvalue weighted by atomic mass is 16.5. The molecule has 2 bridgehead atoms. The minimum atomic E-state index is -1.18. The van der Waals surface area contributed by atoms with E-state index in [-0.39, 0.29) is 25.0 Å². The predicted octanol–water partition coefficient (Wildman–Crippen LogP) is 1.28. The van der Waals surface area contributed by atoms with Crippen molar-refractivity contribution in [2.45, 2.75) is 63.7 Å².